The number of carboxylic acid groups (broad SMARTS) is 1. The maximum absolute atomic E-state index is 12.5. The van der Waals surface area contributed by atoms with Gasteiger partial charge >= 0.3 is 5.97 Å². The summed E-state index contributed by atoms with van der Waals surface area (Å²) >= 11 is 0. The Hall–Kier alpha value is -1.64. The molecule has 0 bridgehead atoms. The van der Waals surface area contributed by atoms with Gasteiger partial charge in [-0.3, -0.25) is 4.79 Å². The van der Waals surface area contributed by atoms with Gasteiger partial charge in [0.2, 0.25) is 10.0 Å². The molecule has 8 heteroatoms. The first-order valence-corrected chi connectivity index (χ1v) is 7.86. The smallest absolute Gasteiger partial charge is 0.307 e. The Kier molecular flexibility index (Phi) is 4.81. The van der Waals surface area contributed by atoms with Crippen LogP contribution in [-0.2, 0) is 26.0 Å². The third-order valence-corrected chi connectivity index (χ3v) is 5.10. The van der Waals surface area contributed by atoms with Gasteiger partial charge in [0.15, 0.2) is 0 Å². The van der Waals surface area contributed by atoms with Crippen LogP contribution in [0.5, 0.6) is 5.75 Å². The number of nitrogens with zero attached hydrogens (tertiary/aromatic N) is 1. The van der Waals surface area contributed by atoms with E-state index < -0.39 is 16.0 Å². The summed E-state index contributed by atoms with van der Waals surface area (Å²) in [5, 5.41) is 8.90. The van der Waals surface area contributed by atoms with Gasteiger partial charge in [-0.05, 0) is 18.2 Å². The summed E-state index contributed by atoms with van der Waals surface area (Å²) < 4.78 is 36.6. The second-order valence-electron chi connectivity index (χ2n) is 4.56. The molecule has 0 atom stereocenters. The van der Waals surface area contributed by atoms with Gasteiger partial charge in [0.05, 0.1) is 31.6 Å². The van der Waals surface area contributed by atoms with E-state index in [4.69, 9.17) is 14.6 Å². The minimum absolute atomic E-state index is 0.0708. The number of hydrogen-bond acceptors (Lipinski definition) is 5. The third kappa shape index (κ3) is 3.52. The molecule has 1 heterocycles. The molecule has 1 aromatic rings. The zero-order valence-electron chi connectivity index (χ0n) is 11.6. The van der Waals surface area contributed by atoms with Gasteiger partial charge in [0, 0.05) is 18.7 Å². The SMILES string of the molecule is COc1ccc(S(=O)(=O)N2CCOCC2)cc1CC(=O)O. The summed E-state index contributed by atoms with van der Waals surface area (Å²) in [5.74, 6) is -0.687. The van der Waals surface area contributed by atoms with E-state index in [1.165, 1.54) is 29.6 Å². The quantitative estimate of drug-likeness (QED) is 0.842. The zero-order chi connectivity index (χ0) is 15.5. The van der Waals surface area contributed by atoms with E-state index >= 15 is 0 Å². The third-order valence-electron chi connectivity index (χ3n) is 3.20. The molecular formula is C13H17NO6S. The molecule has 0 saturated carbocycles. The Bertz CT molecular complexity index is 622. The van der Waals surface area contributed by atoms with Crippen molar-refractivity contribution in [1.82, 2.24) is 4.31 Å². The van der Waals surface area contributed by atoms with Gasteiger partial charge in [-0.25, -0.2) is 8.42 Å². The molecule has 0 unspecified atom stereocenters. The van der Waals surface area contributed by atoms with Crippen molar-refractivity contribution in [2.75, 3.05) is 33.4 Å². The number of aliphatic carboxylic acids is 1. The second kappa shape index (κ2) is 6.42. The molecule has 7 nitrogen and oxygen atoms in total. The molecule has 1 aliphatic heterocycles. The van der Waals surface area contributed by atoms with Crippen LogP contribution in [0.2, 0.25) is 0 Å². The highest BCUT2D eigenvalue weighted by molar-refractivity contribution is 7.89. The van der Waals surface area contributed by atoms with E-state index in [1.54, 1.807) is 0 Å². The van der Waals surface area contributed by atoms with Crippen molar-refractivity contribution >= 4 is 16.0 Å². The lowest BCUT2D eigenvalue weighted by Crippen LogP contribution is -2.40. The highest BCUT2D eigenvalue weighted by Gasteiger charge is 2.27. The minimum Gasteiger partial charge on any atom is -0.496 e. The maximum Gasteiger partial charge on any atom is 0.307 e. The standard InChI is InChI=1S/C13H17NO6S/c1-19-12-3-2-11(8-10(12)9-13(15)16)21(17,18)14-4-6-20-7-5-14/h2-3,8H,4-7,9H2,1H3,(H,15,16). The summed E-state index contributed by atoms with van der Waals surface area (Å²) in [7, 11) is -2.23. The van der Waals surface area contributed by atoms with Crippen molar-refractivity contribution < 1.29 is 27.8 Å². The van der Waals surface area contributed by atoms with Crippen LogP contribution in [-0.4, -0.2) is 57.2 Å². The number of methoxy groups -OCH3 is 1. The molecule has 2 rings (SSSR count). The molecule has 0 radical (unpaired) electrons. The van der Waals surface area contributed by atoms with Gasteiger partial charge in [-0.2, -0.15) is 4.31 Å². The van der Waals surface area contributed by atoms with Crippen LogP contribution < -0.4 is 4.74 Å². The normalized spacial score (nSPS) is 16.6. The fourth-order valence-electron chi connectivity index (χ4n) is 2.15. The molecule has 1 saturated heterocycles. The van der Waals surface area contributed by atoms with E-state index in [9.17, 15) is 13.2 Å². The van der Waals surface area contributed by atoms with Crippen LogP contribution in [0.3, 0.4) is 0 Å². The van der Waals surface area contributed by atoms with Crippen molar-refractivity contribution in [3.05, 3.63) is 23.8 Å². The summed E-state index contributed by atoms with van der Waals surface area (Å²) in [5.41, 5.74) is 0.333. The van der Waals surface area contributed by atoms with Crippen molar-refractivity contribution in [2.24, 2.45) is 0 Å². The van der Waals surface area contributed by atoms with Crippen LogP contribution in [0, 0.1) is 0 Å². The predicted molar refractivity (Wildman–Crippen MR) is 73.9 cm³/mol. The highest BCUT2D eigenvalue weighted by atomic mass is 32.2. The van der Waals surface area contributed by atoms with Gasteiger partial charge < -0.3 is 14.6 Å². The lowest BCUT2D eigenvalue weighted by molar-refractivity contribution is -0.136. The fourth-order valence-corrected chi connectivity index (χ4v) is 3.61. The molecule has 116 valence electrons. The molecule has 21 heavy (non-hydrogen) atoms. The Balaban J connectivity index is 2.36. The first-order chi connectivity index (χ1) is 9.95. The molecule has 0 amide bonds. The number of hydrogen-bond donors (Lipinski definition) is 1. The highest BCUT2D eigenvalue weighted by Crippen LogP contribution is 2.25. The number of benzene rings is 1. The van der Waals surface area contributed by atoms with E-state index in [0.717, 1.165) is 0 Å². The Labute approximate surface area is 123 Å². The van der Waals surface area contributed by atoms with Gasteiger partial charge in [-0.1, -0.05) is 0 Å². The number of morpholine rings is 1. The zero-order valence-corrected chi connectivity index (χ0v) is 12.4. The van der Waals surface area contributed by atoms with Crippen LogP contribution in [0.1, 0.15) is 5.56 Å². The summed E-state index contributed by atoms with van der Waals surface area (Å²) in [6, 6.07) is 4.26. The number of rotatable bonds is 5. The summed E-state index contributed by atoms with van der Waals surface area (Å²) in [6.07, 6.45) is -0.296. The van der Waals surface area contributed by atoms with Crippen LogP contribution in [0.4, 0.5) is 0 Å². The first-order valence-electron chi connectivity index (χ1n) is 6.42. The molecular weight excluding hydrogens is 298 g/mol. The molecule has 0 spiro atoms. The molecule has 0 aromatic heterocycles. The van der Waals surface area contributed by atoms with E-state index in [1.807, 2.05) is 0 Å². The summed E-state index contributed by atoms with van der Waals surface area (Å²) in [6.45, 7) is 1.31. The number of ether oxygens (including phenoxy) is 2. The van der Waals surface area contributed by atoms with Crippen molar-refractivity contribution in [3.8, 4) is 5.75 Å². The first kappa shape index (κ1) is 15.7. The van der Waals surface area contributed by atoms with Crippen LogP contribution >= 0.6 is 0 Å². The van der Waals surface area contributed by atoms with Gasteiger partial charge in [-0.15, -0.1) is 0 Å². The molecule has 1 fully saturated rings. The Morgan fingerprint density at radius 2 is 2.05 bits per heavy atom. The number of carboxylic acids is 1. The predicted octanol–water partition coefficient (Wildman–Crippen LogP) is 0.343. The molecule has 1 N–H and O–H groups in total. The fraction of sp³-hybridized carbons (Fsp3) is 0.462. The number of sulfonamides is 1. The van der Waals surface area contributed by atoms with E-state index in [2.05, 4.69) is 0 Å². The second-order valence-corrected chi connectivity index (χ2v) is 6.50. The molecule has 1 aromatic carbocycles. The van der Waals surface area contributed by atoms with Crippen molar-refractivity contribution in [2.45, 2.75) is 11.3 Å². The van der Waals surface area contributed by atoms with Crippen molar-refractivity contribution in [1.29, 1.82) is 0 Å². The van der Waals surface area contributed by atoms with E-state index in [0.29, 0.717) is 37.6 Å². The monoisotopic (exact) mass is 315 g/mol. The summed E-state index contributed by atoms with van der Waals surface area (Å²) in [4.78, 5) is 10.9. The lowest BCUT2D eigenvalue weighted by atomic mass is 10.1. The minimum atomic E-state index is -3.64. The van der Waals surface area contributed by atoms with Crippen LogP contribution in [0.15, 0.2) is 23.1 Å². The number of carbonyl (C=O) groups is 1. The Morgan fingerprint density at radius 3 is 2.62 bits per heavy atom. The van der Waals surface area contributed by atoms with Gasteiger partial charge in [0.25, 0.3) is 0 Å². The lowest BCUT2D eigenvalue weighted by Gasteiger charge is -2.26. The van der Waals surface area contributed by atoms with Crippen molar-refractivity contribution in [3.63, 3.8) is 0 Å². The average molecular weight is 315 g/mol. The maximum atomic E-state index is 12.5. The van der Waals surface area contributed by atoms with Gasteiger partial charge in [0.1, 0.15) is 5.75 Å². The topological polar surface area (TPSA) is 93.1 Å². The average Bonchev–Trinajstić information content (AvgIpc) is 2.47. The van der Waals surface area contributed by atoms with Crippen LogP contribution in [0.25, 0.3) is 0 Å². The molecule has 0 aliphatic carbocycles. The molecule has 1 aliphatic rings. The Morgan fingerprint density at radius 1 is 1.38 bits per heavy atom. The largest absolute Gasteiger partial charge is 0.496 e. The van der Waals surface area contributed by atoms with E-state index in [-0.39, 0.29) is 11.3 Å².